The topological polar surface area (TPSA) is 81.5 Å². The van der Waals surface area contributed by atoms with E-state index in [0.29, 0.717) is 0 Å². The lowest BCUT2D eigenvalue weighted by Gasteiger charge is -2.26. The summed E-state index contributed by atoms with van der Waals surface area (Å²) in [5.41, 5.74) is 10.3. The largest absolute Gasteiger partial charge is 0.394 e. The molecule has 0 radical (unpaired) electrons. The predicted molar refractivity (Wildman–Crippen MR) is 82.6 cm³/mol. The Morgan fingerprint density at radius 3 is 2.77 bits per heavy atom. The van der Waals surface area contributed by atoms with Crippen molar-refractivity contribution in [2.24, 2.45) is 5.11 Å². The molecular formula is C15H21FN4O2. The van der Waals surface area contributed by atoms with Gasteiger partial charge in [0.15, 0.2) is 0 Å². The Hall–Kier alpha value is -1.82. The van der Waals surface area contributed by atoms with Crippen molar-refractivity contribution in [1.29, 1.82) is 0 Å². The molecule has 1 aromatic carbocycles. The number of hydrogen-bond acceptors (Lipinski definition) is 4. The maximum atomic E-state index is 13.0. The molecule has 0 bridgehead atoms. The molecular weight excluding hydrogens is 287 g/mol. The molecule has 6 nitrogen and oxygen atoms in total. The van der Waals surface area contributed by atoms with Crippen LogP contribution >= 0.6 is 0 Å². The molecule has 3 atom stereocenters. The molecule has 22 heavy (non-hydrogen) atoms. The van der Waals surface area contributed by atoms with Crippen molar-refractivity contribution >= 4 is 5.69 Å². The van der Waals surface area contributed by atoms with Gasteiger partial charge in [0.1, 0.15) is 6.67 Å². The molecule has 0 unspecified atom stereocenters. The summed E-state index contributed by atoms with van der Waals surface area (Å²) in [7, 11) is 1.47. The van der Waals surface area contributed by atoms with Crippen molar-refractivity contribution in [2.75, 3.05) is 31.8 Å². The standard InChI is InChI=1S/C15H21FN4O2/c1-22-15(14(9-16)18-19-17)11-4-6-12(7-5-11)20-8-2-3-13(20)10-21/h4-7,13-15,21H,2-3,8-10H2,1H3/t13-,14+,15+/m0/s1. The number of benzene rings is 1. The summed E-state index contributed by atoms with van der Waals surface area (Å²) in [6, 6.07) is 6.85. The number of methoxy groups -OCH3 is 1. The van der Waals surface area contributed by atoms with Crippen LogP contribution < -0.4 is 4.90 Å². The zero-order valence-electron chi connectivity index (χ0n) is 12.6. The summed E-state index contributed by atoms with van der Waals surface area (Å²) in [4.78, 5) is 4.84. The number of nitrogens with zero attached hydrogens (tertiary/aromatic N) is 4. The fourth-order valence-electron chi connectivity index (χ4n) is 2.97. The third kappa shape index (κ3) is 3.50. The summed E-state index contributed by atoms with van der Waals surface area (Å²) in [6.45, 7) is 0.288. The average molecular weight is 308 g/mol. The molecule has 2 rings (SSSR count). The summed E-state index contributed by atoms with van der Waals surface area (Å²) in [5, 5.41) is 12.8. The summed E-state index contributed by atoms with van der Waals surface area (Å²) < 4.78 is 18.3. The van der Waals surface area contributed by atoms with E-state index in [-0.39, 0.29) is 12.6 Å². The second-order valence-corrected chi connectivity index (χ2v) is 5.35. The van der Waals surface area contributed by atoms with E-state index in [1.165, 1.54) is 7.11 Å². The molecule has 0 spiro atoms. The van der Waals surface area contributed by atoms with Gasteiger partial charge in [-0.1, -0.05) is 17.2 Å². The molecule has 1 N–H and O–H groups in total. The van der Waals surface area contributed by atoms with Gasteiger partial charge in [-0.3, -0.25) is 4.39 Å². The highest BCUT2D eigenvalue weighted by atomic mass is 19.1. The highest BCUT2D eigenvalue weighted by Crippen LogP contribution is 2.29. The Morgan fingerprint density at radius 1 is 1.50 bits per heavy atom. The Morgan fingerprint density at radius 2 is 2.23 bits per heavy atom. The van der Waals surface area contributed by atoms with E-state index in [1.807, 2.05) is 24.3 Å². The lowest BCUT2D eigenvalue weighted by Crippen LogP contribution is -2.32. The van der Waals surface area contributed by atoms with Crippen LogP contribution in [0.15, 0.2) is 29.4 Å². The van der Waals surface area contributed by atoms with E-state index in [0.717, 1.165) is 30.6 Å². The van der Waals surface area contributed by atoms with Crippen molar-refractivity contribution < 1.29 is 14.2 Å². The van der Waals surface area contributed by atoms with Crippen molar-refractivity contribution in [3.8, 4) is 0 Å². The van der Waals surface area contributed by atoms with Gasteiger partial charge in [0.2, 0.25) is 0 Å². The fraction of sp³-hybridized carbons (Fsp3) is 0.600. The normalized spacial score (nSPS) is 20.5. The highest BCUT2D eigenvalue weighted by molar-refractivity contribution is 5.50. The molecule has 120 valence electrons. The smallest absolute Gasteiger partial charge is 0.101 e. The molecule has 0 saturated carbocycles. The zero-order chi connectivity index (χ0) is 15.9. The number of rotatable bonds is 7. The van der Waals surface area contributed by atoms with Gasteiger partial charge in [0.05, 0.1) is 24.8 Å². The van der Waals surface area contributed by atoms with Crippen LogP contribution in [0.3, 0.4) is 0 Å². The molecule has 1 aliphatic rings. The molecule has 1 heterocycles. The molecule has 1 aliphatic heterocycles. The quantitative estimate of drug-likeness (QED) is 0.477. The molecule has 7 heteroatoms. The number of aliphatic hydroxyl groups excluding tert-OH is 1. The Labute approximate surface area is 129 Å². The van der Waals surface area contributed by atoms with Gasteiger partial charge in [-0.05, 0) is 36.1 Å². The first kappa shape index (κ1) is 16.5. The first-order valence-corrected chi connectivity index (χ1v) is 7.35. The summed E-state index contributed by atoms with van der Waals surface area (Å²) in [5.74, 6) is 0. The zero-order valence-corrected chi connectivity index (χ0v) is 12.6. The number of halogens is 1. The van der Waals surface area contributed by atoms with Crippen LogP contribution in [0.5, 0.6) is 0 Å². The van der Waals surface area contributed by atoms with Gasteiger partial charge in [0, 0.05) is 24.3 Å². The van der Waals surface area contributed by atoms with E-state index < -0.39 is 18.8 Å². The molecule has 1 aromatic rings. The van der Waals surface area contributed by atoms with Crippen LogP contribution in [0.25, 0.3) is 10.4 Å². The Balaban J connectivity index is 2.18. The van der Waals surface area contributed by atoms with Crippen LogP contribution in [-0.4, -0.2) is 44.1 Å². The van der Waals surface area contributed by atoms with Crippen molar-refractivity contribution in [3.05, 3.63) is 40.3 Å². The van der Waals surface area contributed by atoms with Crippen molar-refractivity contribution in [2.45, 2.75) is 31.0 Å². The second kappa shape index (κ2) is 7.98. The number of alkyl halides is 1. The minimum atomic E-state index is -0.877. The number of aliphatic hydroxyl groups is 1. The third-order valence-corrected chi connectivity index (χ3v) is 4.10. The first-order chi connectivity index (χ1) is 10.7. The Kier molecular flexibility index (Phi) is 6.00. The molecule has 1 saturated heterocycles. The monoisotopic (exact) mass is 308 g/mol. The maximum absolute atomic E-state index is 13.0. The Bertz CT molecular complexity index is 519. The van der Waals surface area contributed by atoms with Gasteiger partial charge in [-0.25, -0.2) is 0 Å². The van der Waals surface area contributed by atoms with Crippen LogP contribution in [0, 0.1) is 0 Å². The number of ether oxygens (including phenoxy) is 1. The summed E-state index contributed by atoms with van der Waals surface area (Å²) >= 11 is 0. The first-order valence-electron chi connectivity index (χ1n) is 7.35. The number of anilines is 1. The average Bonchev–Trinajstić information content (AvgIpc) is 3.04. The third-order valence-electron chi connectivity index (χ3n) is 4.10. The van der Waals surface area contributed by atoms with Gasteiger partial charge in [0.25, 0.3) is 0 Å². The van der Waals surface area contributed by atoms with E-state index >= 15 is 0 Å². The maximum Gasteiger partial charge on any atom is 0.101 e. The highest BCUT2D eigenvalue weighted by Gasteiger charge is 2.25. The molecule has 1 fully saturated rings. The molecule has 0 aromatic heterocycles. The van der Waals surface area contributed by atoms with Crippen LogP contribution in [-0.2, 0) is 4.74 Å². The van der Waals surface area contributed by atoms with Crippen molar-refractivity contribution in [3.63, 3.8) is 0 Å². The van der Waals surface area contributed by atoms with Crippen LogP contribution in [0.4, 0.5) is 10.1 Å². The second-order valence-electron chi connectivity index (χ2n) is 5.35. The number of azide groups is 1. The predicted octanol–water partition coefficient (Wildman–Crippen LogP) is 2.98. The lowest BCUT2D eigenvalue weighted by molar-refractivity contribution is 0.0722. The minimum absolute atomic E-state index is 0.142. The summed E-state index contributed by atoms with van der Waals surface area (Å²) in [6.07, 6.45) is 1.44. The van der Waals surface area contributed by atoms with E-state index in [9.17, 15) is 9.50 Å². The number of hydrogen-bond donors (Lipinski definition) is 1. The van der Waals surface area contributed by atoms with E-state index in [1.54, 1.807) is 0 Å². The fourth-order valence-corrected chi connectivity index (χ4v) is 2.97. The SMILES string of the molecule is CO[C@H](c1ccc(N2CCC[C@H]2CO)cc1)[C@@H](CF)N=[N+]=[N-]. The van der Waals surface area contributed by atoms with E-state index in [2.05, 4.69) is 14.9 Å². The van der Waals surface area contributed by atoms with Crippen LogP contribution in [0.1, 0.15) is 24.5 Å². The molecule has 0 amide bonds. The van der Waals surface area contributed by atoms with Gasteiger partial charge < -0.3 is 14.7 Å². The van der Waals surface area contributed by atoms with Crippen LogP contribution in [0.2, 0.25) is 0 Å². The van der Waals surface area contributed by atoms with E-state index in [4.69, 9.17) is 10.3 Å². The van der Waals surface area contributed by atoms with Gasteiger partial charge in [-0.2, -0.15) is 0 Å². The lowest BCUT2D eigenvalue weighted by atomic mass is 10.0. The molecule has 0 aliphatic carbocycles. The van der Waals surface area contributed by atoms with Crippen molar-refractivity contribution in [1.82, 2.24) is 0 Å². The van der Waals surface area contributed by atoms with Gasteiger partial charge in [-0.15, -0.1) is 0 Å². The van der Waals surface area contributed by atoms with Gasteiger partial charge >= 0.3 is 0 Å². The minimum Gasteiger partial charge on any atom is -0.394 e.